The number of benzene rings is 1. The van der Waals surface area contributed by atoms with Gasteiger partial charge in [0, 0.05) is 4.90 Å². The first-order valence-electron chi connectivity index (χ1n) is 5.55. The molecule has 0 aliphatic heterocycles. The molecule has 2 N–H and O–H groups in total. The minimum absolute atomic E-state index is 0.203. The monoisotopic (exact) mass is 322 g/mol. The molecule has 108 valence electrons. The second-order valence-corrected chi connectivity index (χ2v) is 4.88. The molecular formula is C11H10ClF3N4S. The minimum atomic E-state index is -4.67. The highest BCUT2D eigenvalue weighted by Crippen LogP contribution is 2.31. The Morgan fingerprint density at radius 1 is 1.40 bits per heavy atom. The summed E-state index contributed by atoms with van der Waals surface area (Å²) in [5.41, 5.74) is 6.54. The van der Waals surface area contributed by atoms with Crippen LogP contribution in [0.2, 0.25) is 5.02 Å². The molecule has 0 atom stereocenters. The summed E-state index contributed by atoms with van der Waals surface area (Å²) in [4.78, 5) is 3.79. The Morgan fingerprint density at radius 2 is 2.05 bits per heavy atom. The third kappa shape index (κ3) is 2.71. The molecule has 0 aliphatic rings. The topological polar surface area (TPSA) is 56.7 Å². The van der Waals surface area contributed by atoms with Gasteiger partial charge in [0.2, 0.25) is 5.95 Å². The van der Waals surface area contributed by atoms with Crippen molar-refractivity contribution in [2.45, 2.75) is 24.4 Å². The first-order valence-corrected chi connectivity index (χ1v) is 6.38. The number of halogens is 4. The Labute approximate surface area is 123 Å². The third-order valence-corrected chi connectivity index (χ3v) is 3.36. The summed E-state index contributed by atoms with van der Waals surface area (Å²) in [6.45, 7) is 1.91. The van der Waals surface area contributed by atoms with Crippen LogP contribution in [0, 0.1) is 0 Å². The molecule has 4 nitrogen and oxygen atoms in total. The van der Waals surface area contributed by atoms with Crippen molar-refractivity contribution in [3.8, 4) is 5.69 Å². The van der Waals surface area contributed by atoms with E-state index >= 15 is 0 Å². The summed E-state index contributed by atoms with van der Waals surface area (Å²) in [5.74, 6) is -1.71. The van der Waals surface area contributed by atoms with E-state index in [9.17, 15) is 13.2 Å². The van der Waals surface area contributed by atoms with E-state index in [1.165, 1.54) is 6.07 Å². The molecule has 0 amide bonds. The molecule has 20 heavy (non-hydrogen) atoms. The minimum Gasteiger partial charge on any atom is -0.368 e. The van der Waals surface area contributed by atoms with E-state index in [1.54, 1.807) is 6.07 Å². The smallest absolute Gasteiger partial charge is 0.368 e. The van der Waals surface area contributed by atoms with Gasteiger partial charge < -0.3 is 5.73 Å². The number of anilines is 1. The zero-order chi connectivity index (χ0) is 15.1. The van der Waals surface area contributed by atoms with Crippen molar-refractivity contribution in [3.63, 3.8) is 0 Å². The molecule has 1 heterocycles. The lowest BCUT2D eigenvalue weighted by atomic mass is 10.1. The highest BCUT2D eigenvalue weighted by atomic mass is 35.5. The molecule has 1 aromatic heterocycles. The average molecular weight is 323 g/mol. The first kappa shape index (κ1) is 15.0. The fourth-order valence-corrected chi connectivity index (χ4v) is 2.27. The van der Waals surface area contributed by atoms with Crippen molar-refractivity contribution < 1.29 is 13.2 Å². The number of hydrogen-bond donors (Lipinski definition) is 2. The van der Waals surface area contributed by atoms with Gasteiger partial charge in [-0.05, 0) is 24.1 Å². The number of nitrogens with two attached hydrogens (primary N) is 1. The number of nitrogens with zero attached hydrogens (tertiary/aromatic N) is 3. The van der Waals surface area contributed by atoms with Crippen LogP contribution in [0.25, 0.3) is 5.69 Å². The van der Waals surface area contributed by atoms with Crippen LogP contribution in [-0.2, 0) is 12.6 Å². The molecule has 0 bridgehead atoms. The second kappa shape index (κ2) is 5.17. The molecule has 0 spiro atoms. The van der Waals surface area contributed by atoms with Crippen molar-refractivity contribution in [2.24, 2.45) is 0 Å². The molecule has 0 unspecified atom stereocenters. The van der Waals surface area contributed by atoms with E-state index in [1.807, 2.05) is 6.92 Å². The molecule has 0 aliphatic carbocycles. The second-order valence-electron chi connectivity index (χ2n) is 3.99. The van der Waals surface area contributed by atoms with E-state index in [-0.39, 0.29) is 10.7 Å². The molecule has 0 saturated heterocycles. The fourth-order valence-electron chi connectivity index (χ4n) is 1.66. The van der Waals surface area contributed by atoms with Gasteiger partial charge in [0.25, 0.3) is 5.82 Å². The van der Waals surface area contributed by atoms with Crippen LogP contribution in [0.5, 0.6) is 0 Å². The lowest BCUT2D eigenvalue weighted by molar-refractivity contribution is -0.144. The van der Waals surface area contributed by atoms with Crippen LogP contribution < -0.4 is 5.73 Å². The van der Waals surface area contributed by atoms with Crippen LogP contribution in [0.1, 0.15) is 18.3 Å². The maximum absolute atomic E-state index is 12.6. The standard InChI is InChI=1S/C11H10ClF3N4S/c1-2-5-3-6(12)7(4-8(5)20)19-10(16)17-9(18-19)11(13,14)15/h3-4,20H,2H2,1H3,(H2,16,17,18). The summed E-state index contributed by atoms with van der Waals surface area (Å²) in [6, 6.07) is 3.13. The Morgan fingerprint density at radius 3 is 2.55 bits per heavy atom. The number of rotatable bonds is 2. The normalized spacial score (nSPS) is 11.9. The summed E-state index contributed by atoms with van der Waals surface area (Å²) in [5, 5.41) is 3.57. The maximum atomic E-state index is 12.6. The molecule has 2 aromatic rings. The van der Waals surface area contributed by atoms with E-state index in [0.717, 1.165) is 10.2 Å². The SMILES string of the molecule is CCc1cc(Cl)c(-n2nc(C(F)(F)F)nc2N)cc1S. The summed E-state index contributed by atoms with van der Waals surface area (Å²) in [6.07, 6.45) is -3.97. The Bertz CT molecular complexity index is 654. The molecule has 2 rings (SSSR count). The van der Waals surface area contributed by atoms with Gasteiger partial charge in [0.1, 0.15) is 0 Å². The zero-order valence-electron chi connectivity index (χ0n) is 10.2. The fraction of sp³-hybridized carbons (Fsp3) is 0.273. The zero-order valence-corrected chi connectivity index (χ0v) is 11.9. The molecule has 0 saturated carbocycles. The molecule has 0 radical (unpaired) electrons. The van der Waals surface area contributed by atoms with Crippen molar-refractivity contribution >= 4 is 30.2 Å². The van der Waals surface area contributed by atoms with Gasteiger partial charge >= 0.3 is 6.18 Å². The quantitative estimate of drug-likeness (QED) is 0.833. The number of hydrogen-bond acceptors (Lipinski definition) is 4. The number of alkyl halides is 3. The van der Waals surface area contributed by atoms with Crippen molar-refractivity contribution in [1.82, 2.24) is 14.8 Å². The Balaban J connectivity index is 2.58. The third-order valence-electron chi connectivity index (χ3n) is 2.64. The number of nitrogen functional groups attached to an aromatic ring is 1. The van der Waals surface area contributed by atoms with Crippen molar-refractivity contribution in [2.75, 3.05) is 5.73 Å². The van der Waals surface area contributed by atoms with Gasteiger partial charge in [-0.2, -0.15) is 22.8 Å². The van der Waals surface area contributed by atoms with Gasteiger partial charge in [-0.25, -0.2) is 0 Å². The highest BCUT2D eigenvalue weighted by molar-refractivity contribution is 7.80. The highest BCUT2D eigenvalue weighted by Gasteiger charge is 2.37. The Kier molecular flexibility index (Phi) is 3.88. The van der Waals surface area contributed by atoms with E-state index in [2.05, 4.69) is 22.7 Å². The van der Waals surface area contributed by atoms with E-state index in [0.29, 0.717) is 11.3 Å². The number of aryl methyl sites for hydroxylation is 1. The largest absolute Gasteiger partial charge is 0.453 e. The van der Waals surface area contributed by atoms with Crippen LogP contribution in [0.4, 0.5) is 19.1 Å². The van der Waals surface area contributed by atoms with Gasteiger partial charge in [-0.3, -0.25) is 0 Å². The van der Waals surface area contributed by atoms with E-state index < -0.39 is 17.9 Å². The van der Waals surface area contributed by atoms with Gasteiger partial charge in [-0.15, -0.1) is 17.7 Å². The van der Waals surface area contributed by atoms with Crippen LogP contribution in [0.15, 0.2) is 17.0 Å². The number of aromatic nitrogens is 3. The molecular weight excluding hydrogens is 313 g/mol. The van der Waals surface area contributed by atoms with Gasteiger partial charge in [0.05, 0.1) is 10.7 Å². The predicted molar refractivity (Wildman–Crippen MR) is 72.4 cm³/mol. The van der Waals surface area contributed by atoms with Crippen LogP contribution in [0.3, 0.4) is 0 Å². The average Bonchev–Trinajstić information content (AvgIpc) is 2.73. The Hall–Kier alpha value is -1.41. The van der Waals surface area contributed by atoms with Gasteiger partial charge in [0.15, 0.2) is 0 Å². The lowest BCUT2D eigenvalue weighted by Gasteiger charge is -2.09. The van der Waals surface area contributed by atoms with Crippen molar-refractivity contribution in [1.29, 1.82) is 0 Å². The van der Waals surface area contributed by atoms with Crippen LogP contribution >= 0.6 is 24.2 Å². The van der Waals surface area contributed by atoms with Crippen LogP contribution in [-0.4, -0.2) is 14.8 Å². The van der Waals surface area contributed by atoms with Crippen molar-refractivity contribution in [3.05, 3.63) is 28.5 Å². The molecule has 0 fully saturated rings. The summed E-state index contributed by atoms with van der Waals surface area (Å²) in [7, 11) is 0. The predicted octanol–water partition coefficient (Wildman–Crippen LogP) is 3.37. The van der Waals surface area contributed by atoms with Gasteiger partial charge in [-0.1, -0.05) is 18.5 Å². The first-order chi connectivity index (χ1) is 9.24. The maximum Gasteiger partial charge on any atom is 0.453 e. The summed E-state index contributed by atoms with van der Waals surface area (Å²) < 4.78 is 38.5. The number of thiol groups is 1. The molecule has 9 heteroatoms. The lowest BCUT2D eigenvalue weighted by Crippen LogP contribution is -2.09. The summed E-state index contributed by atoms with van der Waals surface area (Å²) >= 11 is 10.3. The molecule has 1 aromatic carbocycles. The van der Waals surface area contributed by atoms with E-state index in [4.69, 9.17) is 17.3 Å².